The Morgan fingerprint density at radius 1 is 1.04 bits per heavy atom. The lowest BCUT2D eigenvalue weighted by Crippen LogP contribution is -2.37. The van der Waals surface area contributed by atoms with E-state index in [1.165, 1.54) is 0 Å². The zero-order valence-electron chi connectivity index (χ0n) is 15.8. The van der Waals surface area contributed by atoms with Crippen molar-refractivity contribution >= 4 is 5.96 Å². The predicted molar refractivity (Wildman–Crippen MR) is 105 cm³/mol. The number of aliphatic imine (C=N–C) groups is 1. The van der Waals surface area contributed by atoms with Crippen molar-refractivity contribution in [2.45, 2.75) is 33.2 Å². The highest BCUT2D eigenvalue weighted by atomic mass is 16.5. The van der Waals surface area contributed by atoms with Crippen LogP contribution >= 0.6 is 0 Å². The van der Waals surface area contributed by atoms with Gasteiger partial charge in [-0.05, 0) is 43.2 Å². The summed E-state index contributed by atoms with van der Waals surface area (Å²) < 4.78 is 10.9. The molecule has 0 spiro atoms. The fourth-order valence-electron chi connectivity index (χ4n) is 2.23. The van der Waals surface area contributed by atoms with Gasteiger partial charge in [0.15, 0.2) is 5.96 Å². The number of nitrogens with zero attached hydrogens (tertiary/aromatic N) is 2. The SMILES string of the molecule is CCCCNC(=NCc1ccc(Oc2ccc(OC)cc2)nc1)NCC. The first-order valence-corrected chi connectivity index (χ1v) is 9.04. The van der Waals surface area contributed by atoms with E-state index in [1.54, 1.807) is 13.3 Å². The number of hydrogen-bond donors (Lipinski definition) is 2. The van der Waals surface area contributed by atoms with Gasteiger partial charge in [-0.1, -0.05) is 19.4 Å². The molecule has 0 saturated heterocycles. The first kappa shape index (κ1) is 19.6. The number of guanidine groups is 1. The number of pyridine rings is 1. The summed E-state index contributed by atoms with van der Waals surface area (Å²) in [5.41, 5.74) is 1.03. The summed E-state index contributed by atoms with van der Waals surface area (Å²) in [5, 5.41) is 6.58. The summed E-state index contributed by atoms with van der Waals surface area (Å²) in [4.78, 5) is 8.94. The molecule has 0 fully saturated rings. The van der Waals surface area contributed by atoms with Gasteiger partial charge in [-0.2, -0.15) is 0 Å². The summed E-state index contributed by atoms with van der Waals surface area (Å²) in [7, 11) is 1.64. The van der Waals surface area contributed by atoms with Gasteiger partial charge in [-0.3, -0.25) is 0 Å². The van der Waals surface area contributed by atoms with Gasteiger partial charge in [-0.15, -0.1) is 0 Å². The van der Waals surface area contributed by atoms with Gasteiger partial charge in [0, 0.05) is 25.4 Å². The van der Waals surface area contributed by atoms with Gasteiger partial charge in [-0.25, -0.2) is 9.98 Å². The normalized spacial score (nSPS) is 11.1. The second-order valence-corrected chi connectivity index (χ2v) is 5.76. The van der Waals surface area contributed by atoms with E-state index >= 15 is 0 Å². The first-order chi connectivity index (χ1) is 12.7. The average Bonchev–Trinajstić information content (AvgIpc) is 2.68. The molecule has 1 aromatic heterocycles. The lowest BCUT2D eigenvalue weighted by Gasteiger charge is -2.10. The highest BCUT2D eigenvalue weighted by Crippen LogP contribution is 2.22. The maximum atomic E-state index is 5.74. The molecule has 0 saturated carbocycles. The standard InChI is InChI=1S/C20H28N4O2/c1-4-6-13-22-20(21-5-2)24-15-16-7-12-19(23-14-16)26-18-10-8-17(25-3)9-11-18/h7-12,14H,4-6,13,15H2,1-3H3,(H2,21,22,24). The van der Waals surface area contributed by atoms with Crippen molar-refractivity contribution in [1.29, 1.82) is 0 Å². The van der Waals surface area contributed by atoms with Crippen molar-refractivity contribution < 1.29 is 9.47 Å². The topological polar surface area (TPSA) is 67.8 Å². The van der Waals surface area contributed by atoms with Crippen LogP contribution in [-0.2, 0) is 6.54 Å². The van der Waals surface area contributed by atoms with Crippen LogP contribution in [0, 0.1) is 0 Å². The number of unbranched alkanes of at least 4 members (excludes halogenated alkanes) is 1. The molecule has 2 N–H and O–H groups in total. The minimum absolute atomic E-state index is 0.552. The monoisotopic (exact) mass is 356 g/mol. The maximum Gasteiger partial charge on any atom is 0.219 e. The summed E-state index contributed by atoms with van der Waals surface area (Å²) in [5.74, 6) is 2.90. The third-order valence-electron chi connectivity index (χ3n) is 3.67. The molecule has 6 nitrogen and oxygen atoms in total. The molecule has 0 aliphatic heterocycles. The van der Waals surface area contributed by atoms with Crippen molar-refractivity contribution in [1.82, 2.24) is 15.6 Å². The molecule has 6 heteroatoms. The molecule has 2 aromatic rings. The molecular weight excluding hydrogens is 328 g/mol. The molecule has 0 aliphatic rings. The third kappa shape index (κ3) is 6.63. The van der Waals surface area contributed by atoms with Gasteiger partial charge >= 0.3 is 0 Å². The fourth-order valence-corrected chi connectivity index (χ4v) is 2.23. The largest absolute Gasteiger partial charge is 0.497 e. The number of nitrogens with one attached hydrogen (secondary N) is 2. The van der Waals surface area contributed by atoms with Crippen LogP contribution in [0.25, 0.3) is 0 Å². The van der Waals surface area contributed by atoms with E-state index in [0.717, 1.165) is 49.0 Å². The van der Waals surface area contributed by atoms with E-state index in [1.807, 2.05) is 36.4 Å². The van der Waals surface area contributed by atoms with Crippen LogP contribution in [0.15, 0.2) is 47.6 Å². The van der Waals surface area contributed by atoms with Gasteiger partial charge in [0.1, 0.15) is 11.5 Å². The first-order valence-electron chi connectivity index (χ1n) is 9.04. The van der Waals surface area contributed by atoms with Crippen LogP contribution in [0.5, 0.6) is 17.4 Å². The Kier molecular flexibility index (Phi) is 8.26. The number of ether oxygens (including phenoxy) is 2. The second-order valence-electron chi connectivity index (χ2n) is 5.76. The van der Waals surface area contributed by atoms with Crippen molar-refractivity contribution in [2.75, 3.05) is 20.2 Å². The summed E-state index contributed by atoms with van der Waals surface area (Å²) >= 11 is 0. The number of aromatic nitrogens is 1. The van der Waals surface area contributed by atoms with Crippen molar-refractivity contribution in [3.8, 4) is 17.4 Å². The molecule has 140 valence electrons. The van der Waals surface area contributed by atoms with Gasteiger partial charge in [0.25, 0.3) is 0 Å². The van der Waals surface area contributed by atoms with E-state index in [4.69, 9.17) is 9.47 Å². The molecule has 26 heavy (non-hydrogen) atoms. The minimum atomic E-state index is 0.552. The van der Waals surface area contributed by atoms with E-state index in [2.05, 4.69) is 34.5 Å². The lowest BCUT2D eigenvalue weighted by molar-refractivity contribution is 0.412. The quantitative estimate of drug-likeness (QED) is 0.407. The molecule has 0 unspecified atom stereocenters. The molecule has 2 rings (SSSR count). The molecule has 0 atom stereocenters. The van der Waals surface area contributed by atoms with Gasteiger partial charge < -0.3 is 20.1 Å². The zero-order chi connectivity index (χ0) is 18.6. The average molecular weight is 356 g/mol. The number of benzene rings is 1. The minimum Gasteiger partial charge on any atom is -0.497 e. The van der Waals surface area contributed by atoms with E-state index in [0.29, 0.717) is 12.4 Å². The highest BCUT2D eigenvalue weighted by molar-refractivity contribution is 5.79. The molecule has 0 aliphatic carbocycles. The van der Waals surface area contributed by atoms with Gasteiger partial charge in [0.2, 0.25) is 5.88 Å². The van der Waals surface area contributed by atoms with Crippen LogP contribution in [0.2, 0.25) is 0 Å². The van der Waals surface area contributed by atoms with Crippen molar-refractivity contribution in [2.24, 2.45) is 4.99 Å². The predicted octanol–water partition coefficient (Wildman–Crippen LogP) is 3.74. The number of rotatable bonds is 9. The smallest absolute Gasteiger partial charge is 0.219 e. The van der Waals surface area contributed by atoms with E-state index in [-0.39, 0.29) is 0 Å². The Balaban J connectivity index is 1.91. The van der Waals surface area contributed by atoms with Crippen LogP contribution < -0.4 is 20.1 Å². The Morgan fingerprint density at radius 3 is 2.42 bits per heavy atom. The molecular formula is C20H28N4O2. The number of hydrogen-bond acceptors (Lipinski definition) is 4. The highest BCUT2D eigenvalue weighted by Gasteiger charge is 2.01. The lowest BCUT2D eigenvalue weighted by atomic mass is 10.3. The Hall–Kier alpha value is -2.76. The van der Waals surface area contributed by atoms with E-state index in [9.17, 15) is 0 Å². The molecule has 0 amide bonds. The fraction of sp³-hybridized carbons (Fsp3) is 0.400. The zero-order valence-corrected chi connectivity index (χ0v) is 15.8. The molecule has 0 bridgehead atoms. The second kappa shape index (κ2) is 11.0. The van der Waals surface area contributed by atoms with E-state index < -0.39 is 0 Å². The molecule has 1 heterocycles. The van der Waals surface area contributed by atoms with Crippen LogP contribution in [0.4, 0.5) is 0 Å². The Morgan fingerprint density at radius 2 is 1.81 bits per heavy atom. The summed E-state index contributed by atoms with van der Waals surface area (Å²) in [6.07, 6.45) is 4.08. The van der Waals surface area contributed by atoms with Crippen LogP contribution in [-0.4, -0.2) is 31.1 Å². The third-order valence-corrected chi connectivity index (χ3v) is 3.67. The van der Waals surface area contributed by atoms with Crippen molar-refractivity contribution in [3.63, 3.8) is 0 Å². The van der Waals surface area contributed by atoms with Crippen LogP contribution in [0.3, 0.4) is 0 Å². The Bertz CT molecular complexity index is 669. The maximum absolute atomic E-state index is 5.74. The summed E-state index contributed by atoms with van der Waals surface area (Å²) in [6, 6.07) is 11.2. The molecule has 1 aromatic carbocycles. The van der Waals surface area contributed by atoms with Crippen molar-refractivity contribution in [3.05, 3.63) is 48.2 Å². The molecule has 0 radical (unpaired) electrons. The Labute approximate surface area is 155 Å². The van der Waals surface area contributed by atoms with Crippen LogP contribution in [0.1, 0.15) is 32.3 Å². The van der Waals surface area contributed by atoms with Gasteiger partial charge in [0.05, 0.1) is 13.7 Å². The summed E-state index contributed by atoms with van der Waals surface area (Å²) in [6.45, 7) is 6.56. The number of methoxy groups -OCH3 is 1.